The van der Waals surface area contributed by atoms with Gasteiger partial charge in [0.2, 0.25) is 0 Å². The van der Waals surface area contributed by atoms with Gasteiger partial charge in [0.25, 0.3) is 0 Å². The molecule has 1 aromatic carbocycles. The van der Waals surface area contributed by atoms with E-state index in [1.165, 1.54) is 11.1 Å². The van der Waals surface area contributed by atoms with Gasteiger partial charge in [-0.15, -0.1) is 0 Å². The average molecular weight is 216 g/mol. The summed E-state index contributed by atoms with van der Waals surface area (Å²) in [5, 5.41) is 9.26. The second-order valence-electron chi connectivity index (χ2n) is 5.34. The summed E-state index contributed by atoms with van der Waals surface area (Å²) >= 11 is 0. The fourth-order valence-electron chi connectivity index (χ4n) is 3.87. The van der Waals surface area contributed by atoms with E-state index in [1.54, 1.807) is 0 Å². The van der Waals surface area contributed by atoms with Gasteiger partial charge in [0.1, 0.15) is 0 Å². The summed E-state index contributed by atoms with van der Waals surface area (Å²) in [6, 6.07) is 8.36. The van der Waals surface area contributed by atoms with E-state index in [9.17, 15) is 9.90 Å². The van der Waals surface area contributed by atoms with Crippen molar-refractivity contribution in [1.29, 1.82) is 0 Å². The van der Waals surface area contributed by atoms with Crippen molar-refractivity contribution in [3.8, 4) is 0 Å². The molecule has 1 aromatic rings. The van der Waals surface area contributed by atoms with Crippen LogP contribution in [0.5, 0.6) is 0 Å². The smallest absolute Gasteiger partial charge is 0.307 e. The molecule has 1 fully saturated rings. The van der Waals surface area contributed by atoms with Crippen molar-refractivity contribution in [3.63, 3.8) is 0 Å². The first-order valence-electron chi connectivity index (χ1n) is 5.91. The Hall–Kier alpha value is -1.31. The van der Waals surface area contributed by atoms with E-state index < -0.39 is 5.97 Å². The summed E-state index contributed by atoms with van der Waals surface area (Å²) < 4.78 is 0. The fraction of sp³-hybridized carbons (Fsp3) is 0.500. The topological polar surface area (TPSA) is 37.3 Å². The van der Waals surface area contributed by atoms with E-state index >= 15 is 0 Å². The molecule has 2 aliphatic carbocycles. The molecule has 0 heterocycles. The molecule has 84 valence electrons. The Bertz CT molecular complexity index is 466. The standard InChI is InChI=1S/C14H16O2/c1-8-7-14(9(2)12(14)13(15)16)11-6-4-3-5-10(8)11/h3-6,8-9,12H,7H2,1-2H3,(H,15,16). The molecule has 1 saturated carbocycles. The molecule has 0 aliphatic heterocycles. The maximum atomic E-state index is 11.2. The van der Waals surface area contributed by atoms with E-state index in [2.05, 4.69) is 32.0 Å². The Kier molecular flexibility index (Phi) is 1.78. The van der Waals surface area contributed by atoms with E-state index in [0.29, 0.717) is 5.92 Å². The molecule has 0 aromatic heterocycles. The molecule has 2 heteroatoms. The highest BCUT2D eigenvalue weighted by atomic mass is 16.4. The predicted molar refractivity (Wildman–Crippen MR) is 61.4 cm³/mol. The van der Waals surface area contributed by atoms with E-state index in [0.717, 1.165) is 6.42 Å². The lowest BCUT2D eigenvalue weighted by molar-refractivity contribution is -0.139. The first-order chi connectivity index (χ1) is 7.59. The Morgan fingerprint density at radius 3 is 2.69 bits per heavy atom. The number of rotatable bonds is 1. The van der Waals surface area contributed by atoms with Crippen LogP contribution in [0.15, 0.2) is 24.3 Å². The third kappa shape index (κ3) is 0.952. The van der Waals surface area contributed by atoms with Crippen molar-refractivity contribution in [3.05, 3.63) is 35.4 Å². The summed E-state index contributed by atoms with van der Waals surface area (Å²) in [6.45, 7) is 4.28. The molecule has 2 aliphatic rings. The quantitative estimate of drug-likeness (QED) is 0.783. The van der Waals surface area contributed by atoms with Crippen LogP contribution in [0, 0.1) is 11.8 Å². The van der Waals surface area contributed by atoms with Crippen LogP contribution < -0.4 is 0 Å². The van der Waals surface area contributed by atoms with Gasteiger partial charge in [-0.2, -0.15) is 0 Å². The number of benzene rings is 1. The highest BCUT2D eigenvalue weighted by Gasteiger charge is 2.69. The lowest BCUT2D eigenvalue weighted by Gasteiger charge is -2.10. The van der Waals surface area contributed by atoms with Gasteiger partial charge < -0.3 is 5.11 Å². The maximum Gasteiger partial charge on any atom is 0.307 e. The number of carbonyl (C=O) groups is 1. The van der Waals surface area contributed by atoms with Crippen molar-refractivity contribution >= 4 is 5.97 Å². The van der Waals surface area contributed by atoms with E-state index in [-0.39, 0.29) is 17.3 Å². The zero-order chi connectivity index (χ0) is 11.5. The zero-order valence-corrected chi connectivity index (χ0v) is 9.60. The van der Waals surface area contributed by atoms with Crippen molar-refractivity contribution < 1.29 is 9.90 Å². The van der Waals surface area contributed by atoms with Crippen LogP contribution in [0.3, 0.4) is 0 Å². The van der Waals surface area contributed by atoms with Gasteiger partial charge in [0.05, 0.1) is 5.92 Å². The second kappa shape index (κ2) is 2.88. The number of hydrogen-bond acceptors (Lipinski definition) is 1. The highest BCUT2D eigenvalue weighted by molar-refractivity contribution is 5.79. The second-order valence-corrected chi connectivity index (χ2v) is 5.34. The van der Waals surface area contributed by atoms with Crippen LogP contribution in [0.2, 0.25) is 0 Å². The molecule has 16 heavy (non-hydrogen) atoms. The SMILES string of the molecule is CC1CC2(c3ccccc31)C(C)C2C(=O)O. The Morgan fingerprint density at radius 2 is 2.06 bits per heavy atom. The minimum absolute atomic E-state index is 0.0537. The highest BCUT2D eigenvalue weighted by Crippen LogP contribution is 2.68. The third-order valence-electron chi connectivity index (χ3n) is 4.66. The number of carboxylic acid groups (broad SMARTS) is 1. The number of aliphatic carboxylic acids is 1. The van der Waals surface area contributed by atoms with E-state index in [4.69, 9.17) is 0 Å². The average Bonchev–Trinajstić information content (AvgIpc) is 2.72. The summed E-state index contributed by atoms with van der Waals surface area (Å²) in [5.41, 5.74) is 2.60. The molecule has 0 radical (unpaired) electrons. The van der Waals surface area contributed by atoms with Crippen molar-refractivity contribution in [2.75, 3.05) is 0 Å². The van der Waals surface area contributed by atoms with Gasteiger partial charge in [-0.3, -0.25) is 4.79 Å². The number of carboxylic acids is 1. The van der Waals surface area contributed by atoms with Crippen molar-refractivity contribution in [2.24, 2.45) is 11.8 Å². The van der Waals surface area contributed by atoms with E-state index in [1.807, 2.05) is 6.07 Å². The first-order valence-corrected chi connectivity index (χ1v) is 5.91. The molecular weight excluding hydrogens is 200 g/mol. The molecule has 4 atom stereocenters. The van der Waals surface area contributed by atoms with Crippen LogP contribution >= 0.6 is 0 Å². The van der Waals surface area contributed by atoms with Gasteiger partial charge in [-0.05, 0) is 29.4 Å². The minimum Gasteiger partial charge on any atom is -0.481 e. The van der Waals surface area contributed by atoms with Crippen LogP contribution in [0.4, 0.5) is 0 Å². The maximum absolute atomic E-state index is 11.2. The monoisotopic (exact) mass is 216 g/mol. The molecule has 0 bridgehead atoms. The Morgan fingerprint density at radius 1 is 1.38 bits per heavy atom. The minimum atomic E-state index is -0.628. The molecule has 0 saturated heterocycles. The summed E-state index contributed by atoms with van der Waals surface area (Å²) in [7, 11) is 0. The zero-order valence-electron chi connectivity index (χ0n) is 9.60. The van der Waals surface area contributed by atoms with Gasteiger partial charge in [0, 0.05) is 5.41 Å². The largest absolute Gasteiger partial charge is 0.481 e. The molecular formula is C14H16O2. The van der Waals surface area contributed by atoms with Crippen molar-refractivity contribution in [1.82, 2.24) is 0 Å². The molecule has 1 N–H and O–H groups in total. The predicted octanol–water partition coefficient (Wildman–Crippen LogP) is 2.78. The lowest BCUT2D eigenvalue weighted by atomic mass is 9.93. The molecule has 1 spiro atoms. The van der Waals surface area contributed by atoms with Crippen LogP contribution in [-0.4, -0.2) is 11.1 Å². The van der Waals surface area contributed by atoms with Crippen molar-refractivity contribution in [2.45, 2.75) is 31.6 Å². The third-order valence-corrected chi connectivity index (χ3v) is 4.66. The first kappa shape index (κ1) is 9.88. The van der Waals surface area contributed by atoms with Crippen LogP contribution in [-0.2, 0) is 10.2 Å². The lowest BCUT2D eigenvalue weighted by Crippen LogP contribution is -2.11. The van der Waals surface area contributed by atoms with Crippen LogP contribution in [0.25, 0.3) is 0 Å². The van der Waals surface area contributed by atoms with Gasteiger partial charge >= 0.3 is 5.97 Å². The van der Waals surface area contributed by atoms with Crippen LogP contribution in [0.1, 0.15) is 37.3 Å². The summed E-state index contributed by atoms with van der Waals surface area (Å²) in [5.74, 6) is -0.00546. The number of fused-ring (bicyclic) bond motifs is 2. The number of hydrogen-bond donors (Lipinski definition) is 1. The molecule has 2 nitrogen and oxygen atoms in total. The Labute approximate surface area is 95.3 Å². The summed E-state index contributed by atoms with van der Waals surface area (Å²) in [4.78, 5) is 11.2. The molecule has 4 unspecified atom stereocenters. The van der Waals surface area contributed by atoms with Gasteiger partial charge in [0.15, 0.2) is 0 Å². The normalized spacial score (nSPS) is 39.8. The fourth-order valence-corrected chi connectivity index (χ4v) is 3.87. The Balaban J connectivity index is 2.11. The van der Waals surface area contributed by atoms with Gasteiger partial charge in [-0.25, -0.2) is 0 Å². The molecule has 0 amide bonds. The summed E-state index contributed by atoms with van der Waals surface area (Å²) in [6.07, 6.45) is 1.00. The molecule has 3 rings (SSSR count). The van der Waals surface area contributed by atoms with Gasteiger partial charge in [-0.1, -0.05) is 38.1 Å².